The third-order valence-corrected chi connectivity index (χ3v) is 3.16. The molecule has 0 saturated carbocycles. The number of nitrogens with zero attached hydrogens (tertiary/aromatic N) is 2. The lowest BCUT2D eigenvalue weighted by molar-refractivity contribution is 0.475. The molecule has 2 aromatic carbocycles. The maximum atomic E-state index is 9.89. The molecule has 0 atom stereocenters. The van der Waals surface area contributed by atoms with E-state index in [2.05, 4.69) is 31.0 Å². The summed E-state index contributed by atoms with van der Waals surface area (Å²) in [6.07, 6.45) is 0. The minimum Gasteiger partial charge on any atom is -0.506 e. The van der Waals surface area contributed by atoms with Crippen LogP contribution < -0.4 is 11.5 Å². The van der Waals surface area contributed by atoms with Crippen molar-refractivity contribution in [2.24, 2.45) is 10.2 Å². The Kier molecular flexibility index (Phi) is 3.84. The highest BCUT2D eigenvalue weighted by Crippen LogP contribution is 2.34. The van der Waals surface area contributed by atoms with E-state index in [1.165, 1.54) is 0 Å². The van der Waals surface area contributed by atoms with Crippen molar-refractivity contribution in [2.75, 3.05) is 11.5 Å². The zero-order valence-electron chi connectivity index (χ0n) is 12.5. The summed E-state index contributed by atoms with van der Waals surface area (Å²) in [4.78, 5) is 0. The number of benzene rings is 2. The fourth-order valence-corrected chi connectivity index (χ4v) is 1.84. The van der Waals surface area contributed by atoms with Crippen LogP contribution in [0.2, 0.25) is 0 Å². The molecule has 2 rings (SSSR count). The molecule has 0 unspecified atom stereocenters. The molecular formula is C16H20N4O. The Morgan fingerprint density at radius 1 is 0.905 bits per heavy atom. The van der Waals surface area contributed by atoms with Crippen molar-refractivity contribution in [3.05, 3.63) is 42.0 Å². The molecule has 0 saturated heterocycles. The lowest BCUT2D eigenvalue weighted by Crippen LogP contribution is -2.10. The van der Waals surface area contributed by atoms with Crippen molar-refractivity contribution in [2.45, 2.75) is 26.2 Å². The maximum Gasteiger partial charge on any atom is 0.143 e. The van der Waals surface area contributed by atoms with Gasteiger partial charge in [-0.1, -0.05) is 26.8 Å². The van der Waals surface area contributed by atoms with Gasteiger partial charge in [-0.2, -0.15) is 0 Å². The number of nitrogens with two attached hydrogens (primary N) is 2. The van der Waals surface area contributed by atoms with Crippen molar-refractivity contribution in [1.29, 1.82) is 0 Å². The van der Waals surface area contributed by atoms with Gasteiger partial charge in [0.1, 0.15) is 17.1 Å². The highest BCUT2D eigenvalue weighted by Gasteiger charge is 2.15. The van der Waals surface area contributed by atoms with Crippen molar-refractivity contribution < 1.29 is 5.11 Å². The largest absolute Gasteiger partial charge is 0.506 e. The third-order valence-electron chi connectivity index (χ3n) is 3.16. The SMILES string of the molecule is CC(C)(C)c1ccc(O)c(N=Nc2ccc(N)cc2N)c1. The molecule has 0 aliphatic carbocycles. The first-order valence-electron chi connectivity index (χ1n) is 6.67. The molecule has 0 fully saturated rings. The number of hydrogen-bond donors (Lipinski definition) is 3. The summed E-state index contributed by atoms with van der Waals surface area (Å²) >= 11 is 0. The van der Waals surface area contributed by atoms with Crippen LogP contribution >= 0.6 is 0 Å². The molecule has 0 aromatic heterocycles. The Labute approximate surface area is 124 Å². The predicted molar refractivity (Wildman–Crippen MR) is 86.2 cm³/mol. The summed E-state index contributed by atoms with van der Waals surface area (Å²) in [6, 6.07) is 10.4. The summed E-state index contributed by atoms with van der Waals surface area (Å²) in [5.74, 6) is 0.0840. The average molecular weight is 284 g/mol. The van der Waals surface area contributed by atoms with Crippen LogP contribution in [0.25, 0.3) is 0 Å². The molecule has 0 aliphatic heterocycles. The van der Waals surface area contributed by atoms with Crippen molar-refractivity contribution >= 4 is 22.7 Å². The quantitative estimate of drug-likeness (QED) is 0.567. The van der Waals surface area contributed by atoms with Gasteiger partial charge in [0, 0.05) is 5.69 Å². The molecule has 110 valence electrons. The first-order valence-corrected chi connectivity index (χ1v) is 6.67. The second-order valence-electron chi connectivity index (χ2n) is 5.97. The molecule has 0 spiro atoms. The average Bonchev–Trinajstić information content (AvgIpc) is 2.38. The van der Waals surface area contributed by atoms with E-state index in [-0.39, 0.29) is 11.2 Å². The number of hydrogen-bond acceptors (Lipinski definition) is 5. The van der Waals surface area contributed by atoms with Crippen LogP contribution in [0.5, 0.6) is 5.75 Å². The summed E-state index contributed by atoms with van der Waals surface area (Å²) in [5, 5.41) is 18.1. The molecule has 5 heteroatoms. The molecule has 0 bridgehead atoms. The summed E-state index contributed by atoms with van der Waals surface area (Å²) < 4.78 is 0. The molecule has 5 nitrogen and oxygen atoms in total. The first kappa shape index (κ1) is 14.8. The van der Waals surface area contributed by atoms with E-state index in [1.807, 2.05) is 12.1 Å². The number of azo groups is 1. The lowest BCUT2D eigenvalue weighted by Gasteiger charge is -2.19. The topological polar surface area (TPSA) is 97.0 Å². The first-order chi connectivity index (χ1) is 9.77. The lowest BCUT2D eigenvalue weighted by atomic mass is 9.87. The molecule has 0 amide bonds. The maximum absolute atomic E-state index is 9.89. The summed E-state index contributed by atoms with van der Waals surface area (Å²) in [7, 11) is 0. The van der Waals surface area contributed by atoms with Crippen LogP contribution in [0.15, 0.2) is 46.6 Å². The van der Waals surface area contributed by atoms with E-state index in [4.69, 9.17) is 11.5 Å². The fourth-order valence-electron chi connectivity index (χ4n) is 1.84. The molecule has 0 heterocycles. The molecule has 0 radical (unpaired) electrons. The number of aromatic hydroxyl groups is 1. The highest BCUT2D eigenvalue weighted by molar-refractivity contribution is 5.67. The minimum atomic E-state index is -0.0296. The smallest absolute Gasteiger partial charge is 0.143 e. The Morgan fingerprint density at radius 3 is 2.19 bits per heavy atom. The van der Waals surface area contributed by atoms with E-state index in [1.54, 1.807) is 24.3 Å². The monoisotopic (exact) mass is 284 g/mol. The Morgan fingerprint density at radius 2 is 1.57 bits per heavy atom. The Bertz CT molecular complexity index is 687. The summed E-state index contributed by atoms with van der Waals surface area (Å²) in [5.41, 5.74) is 14.5. The third kappa shape index (κ3) is 3.51. The van der Waals surface area contributed by atoms with Gasteiger partial charge in [-0.25, -0.2) is 0 Å². The van der Waals surface area contributed by atoms with Gasteiger partial charge < -0.3 is 16.6 Å². The number of rotatable bonds is 2. The van der Waals surface area contributed by atoms with Crippen LogP contribution in [0.1, 0.15) is 26.3 Å². The number of phenols is 1. The normalized spacial score (nSPS) is 12.0. The van der Waals surface area contributed by atoms with Gasteiger partial charge in [0.25, 0.3) is 0 Å². The molecule has 2 aromatic rings. The highest BCUT2D eigenvalue weighted by atomic mass is 16.3. The van der Waals surface area contributed by atoms with Gasteiger partial charge >= 0.3 is 0 Å². The van der Waals surface area contributed by atoms with Gasteiger partial charge in [-0.05, 0) is 41.3 Å². The van der Waals surface area contributed by atoms with Crippen LogP contribution in [0, 0.1) is 0 Å². The summed E-state index contributed by atoms with van der Waals surface area (Å²) in [6.45, 7) is 6.29. The standard InChI is InChI=1S/C16H20N4O/c1-16(2,3)10-4-7-15(21)14(8-10)20-19-13-6-5-11(17)9-12(13)18/h4-9,21H,17-18H2,1-3H3. The Balaban J connectivity index is 2.36. The number of anilines is 2. The fraction of sp³-hybridized carbons (Fsp3) is 0.250. The van der Waals surface area contributed by atoms with Gasteiger partial charge in [-0.15, -0.1) is 10.2 Å². The van der Waals surface area contributed by atoms with Crippen LogP contribution in [-0.4, -0.2) is 5.11 Å². The van der Waals surface area contributed by atoms with E-state index >= 15 is 0 Å². The zero-order valence-corrected chi connectivity index (χ0v) is 12.5. The number of nitrogen functional groups attached to an aromatic ring is 2. The predicted octanol–water partition coefficient (Wildman–Crippen LogP) is 4.27. The second kappa shape index (κ2) is 5.44. The molecular weight excluding hydrogens is 264 g/mol. The van der Waals surface area contributed by atoms with Crippen LogP contribution in [-0.2, 0) is 5.41 Å². The van der Waals surface area contributed by atoms with Crippen molar-refractivity contribution in [3.63, 3.8) is 0 Å². The molecule has 5 N–H and O–H groups in total. The van der Waals surface area contributed by atoms with Crippen molar-refractivity contribution in [1.82, 2.24) is 0 Å². The van der Waals surface area contributed by atoms with E-state index in [0.29, 0.717) is 22.7 Å². The zero-order chi connectivity index (χ0) is 15.6. The van der Waals surface area contributed by atoms with Gasteiger partial charge in [0.15, 0.2) is 0 Å². The second-order valence-corrected chi connectivity index (χ2v) is 5.97. The van der Waals surface area contributed by atoms with Gasteiger partial charge in [0.2, 0.25) is 0 Å². The van der Waals surface area contributed by atoms with E-state index in [0.717, 1.165) is 5.56 Å². The van der Waals surface area contributed by atoms with E-state index in [9.17, 15) is 5.11 Å². The van der Waals surface area contributed by atoms with Gasteiger partial charge in [0.05, 0.1) is 5.69 Å². The van der Waals surface area contributed by atoms with Crippen LogP contribution in [0.4, 0.5) is 22.7 Å². The van der Waals surface area contributed by atoms with Crippen molar-refractivity contribution in [3.8, 4) is 5.75 Å². The minimum absolute atomic E-state index is 0.0296. The molecule has 0 aliphatic rings. The van der Waals surface area contributed by atoms with Crippen LogP contribution in [0.3, 0.4) is 0 Å². The Hall–Kier alpha value is -2.56. The number of phenolic OH excluding ortho intramolecular Hbond substituents is 1. The van der Waals surface area contributed by atoms with Gasteiger partial charge in [-0.3, -0.25) is 0 Å². The van der Waals surface area contributed by atoms with E-state index < -0.39 is 0 Å². The molecule has 21 heavy (non-hydrogen) atoms.